The zero-order valence-electron chi connectivity index (χ0n) is 8.14. The van der Waals surface area contributed by atoms with Crippen molar-refractivity contribution in [1.29, 1.82) is 0 Å². The number of nitrogens with two attached hydrogens (primary N) is 1. The van der Waals surface area contributed by atoms with Crippen molar-refractivity contribution in [2.24, 2.45) is 23.5 Å². The van der Waals surface area contributed by atoms with Gasteiger partial charge in [0.1, 0.15) is 0 Å². The van der Waals surface area contributed by atoms with Crippen LogP contribution in [0.2, 0.25) is 0 Å². The second kappa shape index (κ2) is 2.35. The summed E-state index contributed by atoms with van der Waals surface area (Å²) in [4.78, 5) is 0. The Morgan fingerprint density at radius 3 is 2.42 bits per heavy atom. The first-order valence-electron chi connectivity index (χ1n) is 4.96. The van der Waals surface area contributed by atoms with E-state index >= 15 is 0 Å². The van der Waals surface area contributed by atoms with Crippen LogP contribution in [0.1, 0.15) is 33.1 Å². The number of allylic oxidation sites excluding steroid dienone is 1. The molecule has 3 rings (SSSR count). The maximum Gasteiger partial charge on any atom is 0.0162 e. The Bertz CT molecular complexity index is 213. The van der Waals surface area contributed by atoms with Gasteiger partial charge in [-0.2, -0.15) is 0 Å². The van der Waals surface area contributed by atoms with Gasteiger partial charge < -0.3 is 5.73 Å². The van der Waals surface area contributed by atoms with Crippen molar-refractivity contribution in [2.75, 3.05) is 0 Å². The summed E-state index contributed by atoms with van der Waals surface area (Å²) in [6.07, 6.45) is 3.79. The normalized spacial score (nSPS) is 46.9. The van der Waals surface area contributed by atoms with Crippen molar-refractivity contribution in [3.05, 3.63) is 12.2 Å². The van der Waals surface area contributed by atoms with Gasteiger partial charge in [-0.15, -0.1) is 0 Å². The minimum atomic E-state index is 0.235. The Morgan fingerprint density at radius 2 is 2.08 bits per heavy atom. The van der Waals surface area contributed by atoms with Crippen molar-refractivity contribution in [2.45, 2.75) is 38.6 Å². The molecular weight excluding hydrogens is 146 g/mol. The second-order valence-corrected chi connectivity index (χ2v) is 5.03. The summed E-state index contributed by atoms with van der Waals surface area (Å²) in [5.41, 5.74) is 7.71. The molecule has 3 aliphatic rings. The van der Waals surface area contributed by atoms with Crippen molar-refractivity contribution >= 4 is 0 Å². The van der Waals surface area contributed by atoms with Crippen LogP contribution >= 0.6 is 0 Å². The van der Waals surface area contributed by atoms with E-state index in [1.807, 2.05) is 0 Å². The molecule has 3 saturated carbocycles. The van der Waals surface area contributed by atoms with E-state index in [-0.39, 0.29) is 5.54 Å². The number of hydrogen-bond acceptors (Lipinski definition) is 1. The smallest absolute Gasteiger partial charge is 0.0162 e. The minimum absolute atomic E-state index is 0.235. The summed E-state index contributed by atoms with van der Waals surface area (Å²) in [7, 11) is 0. The Kier molecular flexibility index (Phi) is 1.63. The third-order valence-electron chi connectivity index (χ3n) is 4.00. The maximum absolute atomic E-state index is 6.14. The predicted molar refractivity (Wildman–Crippen MR) is 51.7 cm³/mol. The van der Waals surface area contributed by atoms with Crippen LogP contribution in [0.25, 0.3) is 0 Å². The van der Waals surface area contributed by atoms with Gasteiger partial charge in [0.15, 0.2) is 0 Å². The van der Waals surface area contributed by atoms with Gasteiger partial charge in [0.05, 0.1) is 0 Å². The summed E-state index contributed by atoms with van der Waals surface area (Å²) in [6, 6.07) is 0. The molecular formula is C11H19N. The molecule has 0 aromatic heterocycles. The SMILES string of the molecule is C=C(C)C(C)C1CC2(N)CC1C2. The molecule has 1 heteroatoms. The van der Waals surface area contributed by atoms with E-state index in [4.69, 9.17) is 5.73 Å². The molecule has 3 fully saturated rings. The van der Waals surface area contributed by atoms with Gasteiger partial charge in [0, 0.05) is 5.54 Å². The molecule has 0 aromatic carbocycles. The highest BCUT2D eigenvalue weighted by atomic mass is 14.8. The van der Waals surface area contributed by atoms with Gasteiger partial charge in [0.25, 0.3) is 0 Å². The highest BCUT2D eigenvalue weighted by molar-refractivity contribution is 5.14. The van der Waals surface area contributed by atoms with Crippen LogP contribution in [0.5, 0.6) is 0 Å². The average Bonchev–Trinajstić information content (AvgIpc) is 2.38. The van der Waals surface area contributed by atoms with Crippen LogP contribution < -0.4 is 5.73 Å². The van der Waals surface area contributed by atoms with Gasteiger partial charge in [-0.1, -0.05) is 19.1 Å². The molecule has 2 unspecified atom stereocenters. The van der Waals surface area contributed by atoms with Gasteiger partial charge in [-0.3, -0.25) is 0 Å². The topological polar surface area (TPSA) is 26.0 Å². The molecule has 2 atom stereocenters. The summed E-state index contributed by atoms with van der Waals surface area (Å²) in [5.74, 6) is 2.44. The fourth-order valence-corrected chi connectivity index (χ4v) is 3.04. The first kappa shape index (κ1) is 8.31. The quantitative estimate of drug-likeness (QED) is 0.624. The minimum Gasteiger partial charge on any atom is -0.325 e. The fourth-order valence-electron chi connectivity index (χ4n) is 3.04. The lowest BCUT2D eigenvalue weighted by atomic mass is 9.75. The summed E-state index contributed by atoms with van der Waals surface area (Å²) < 4.78 is 0. The van der Waals surface area contributed by atoms with E-state index < -0.39 is 0 Å². The third-order valence-corrected chi connectivity index (χ3v) is 4.00. The molecule has 68 valence electrons. The third kappa shape index (κ3) is 1.03. The molecule has 0 radical (unpaired) electrons. The molecule has 0 saturated heterocycles. The van der Waals surface area contributed by atoms with Crippen molar-refractivity contribution < 1.29 is 0 Å². The average molecular weight is 165 g/mol. The van der Waals surface area contributed by atoms with Gasteiger partial charge in [-0.05, 0) is 43.9 Å². The molecule has 0 aromatic rings. The van der Waals surface area contributed by atoms with Crippen LogP contribution in [-0.4, -0.2) is 5.54 Å². The molecule has 12 heavy (non-hydrogen) atoms. The molecule has 0 aliphatic heterocycles. The Hall–Kier alpha value is -0.300. The molecule has 3 aliphatic carbocycles. The van der Waals surface area contributed by atoms with Crippen molar-refractivity contribution in [1.82, 2.24) is 0 Å². The lowest BCUT2D eigenvalue weighted by Gasteiger charge is -2.35. The van der Waals surface area contributed by atoms with E-state index in [1.54, 1.807) is 0 Å². The van der Waals surface area contributed by atoms with Crippen molar-refractivity contribution in [3.63, 3.8) is 0 Å². The van der Waals surface area contributed by atoms with E-state index in [9.17, 15) is 0 Å². The second-order valence-electron chi connectivity index (χ2n) is 5.03. The van der Waals surface area contributed by atoms with E-state index in [0.29, 0.717) is 5.92 Å². The number of rotatable bonds is 2. The first-order valence-corrected chi connectivity index (χ1v) is 4.96. The number of fused-ring (bicyclic) bond motifs is 1. The van der Waals surface area contributed by atoms with Crippen LogP contribution in [0.15, 0.2) is 12.2 Å². The highest BCUT2D eigenvalue weighted by Crippen LogP contribution is 2.57. The molecule has 2 N–H and O–H groups in total. The molecule has 0 spiro atoms. The van der Waals surface area contributed by atoms with Crippen LogP contribution in [0.3, 0.4) is 0 Å². The molecule has 0 heterocycles. The molecule has 1 nitrogen and oxygen atoms in total. The van der Waals surface area contributed by atoms with Gasteiger partial charge >= 0.3 is 0 Å². The van der Waals surface area contributed by atoms with Gasteiger partial charge in [0.2, 0.25) is 0 Å². The Morgan fingerprint density at radius 1 is 1.50 bits per heavy atom. The predicted octanol–water partition coefficient (Wildman–Crippen LogP) is 2.33. The standard InChI is InChI=1S/C11H19N/c1-7(2)8(3)10-6-11(12)4-9(10)5-11/h8-10H,1,4-6,12H2,2-3H3. The Labute approximate surface area is 75.0 Å². The maximum atomic E-state index is 6.14. The van der Waals surface area contributed by atoms with Crippen LogP contribution in [-0.2, 0) is 0 Å². The number of hydrogen-bond donors (Lipinski definition) is 1. The largest absolute Gasteiger partial charge is 0.325 e. The monoisotopic (exact) mass is 165 g/mol. The zero-order chi connectivity index (χ0) is 8.93. The van der Waals surface area contributed by atoms with Crippen LogP contribution in [0, 0.1) is 17.8 Å². The summed E-state index contributed by atoms with van der Waals surface area (Å²) in [6.45, 7) is 8.48. The fraction of sp³-hybridized carbons (Fsp3) is 0.818. The van der Waals surface area contributed by atoms with Crippen molar-refractivity contribution in [3.8, 4) is 0 Å². The lowest BCUT2D eigenvalue weighted by Crippen LogP contribution is -2.44. The van der Waals surface area contributed by atoms with Crippen LogP contribution in [0.4, 0.5) is 0 Å². The lowest BCUT2D eigenvalue weighted by molar-refractivity contribution is 0.218. The highest BCUT2D eigenvalue weighted by Gasteiger charge is 2.54. The summed E-state index contributed by atoms with van der Waals surface area (Å²) >= 11 is 0. The Balaban J connectivity index is 2.04. The molecule has 2 bridgehead atoms. The zero-order valence-corrected chi connectivity index (χ0v) is 8.14. The van der Waals surface area contributed by atoms with Gasteiger partial charge in [-0.25, -0.2) is 0 Å². The van der Waals surface area contributed by atoms with E-state index in [0.717, 1.165) is 11.8 Å². The summed E-state index contributed by atoms with van der Waals surface area (Å²) in [5, 5.41) is 0. The first-order chi connectivity index (χ1) is 5.52. The van der Waals surface area contributed by atoms with E-state index in [1.165, 1.54) is 24.8 Å². The molecule has 0 amide bonds. The van der Waals surface area contributed by atoms with E-state index in [2.05, 4.69) is 20.4 Å².